The van der Waals surface area contributed by atoms with Crippen molar-refractivity contribution in [2.24, 2.45) is 0 Å². The lowest BCUT2D eigenvalue weighted by atomic mass is 9.95. The lowest BCUT2D eigenvalue weighted by molar-refractivity contribution is 0.568. The van der Waals surface area contributed by atoms with Crippen LogP contribution in [-0.4, -0.2) is 11.9 Å². The molecule has 0 amide bonds. The molecule has 0 aromatic heterocycles. The Hall–Kier alpha value is -2.22. The van der Waals surface area contributed by atoms with Crippen LogP contribution in [0.4, 0.5) is 0 Å². The van der Waals surface area contributed by atoms with Gasteiger partial charge in [0.25, 0.3) is 0 Å². The van der Waals surface area contributed by atoms with Crippen molar-refractivity contribution in [1.29, 1.82) is 0 Å². The van der Waals surface area contributed by atoms with Gasteiger partial charge < -0.3 is 10.2 Å². The number of likely N-dealkylation sites (N-methyl/N-ethyl adjacent to an activating group) is 1. The lowest BCUT2D eigenvalue weighted by Crippen LogP contribution is -2.23. The zero-order chi connectivity index (χ0) is 16.3. The maximum atomic E-state index is 4.18. The van der Waals surface area contributed by atoms with Gasteiger partial charge in [-0.2, -0.15) is 0 Å². The second-order valence-corrected chi connectivity index (χ2v) is 5.87. The maximum Gasteiger partial charge on any atom is 0.0623 e. The molecule has 0 saturated heterocycles. The molecule has 1 aliphatic rings. The molecule has 0 unspecified atom stereocenters. The molecule has 1 N–H and O–H groups in total. The highest BCUT2D eigenvalue weighted by Crippen LogP contribution is 2.29. The third-order valence-electron chi connectivity index (χ3n) is 4.13. The Balaban J connectivity index is 2.42. The minimum Gasteiger partial charge on any atom is -0.358 e. The van der Waals surface area contributed by atoms with Crippen LogP contribution >= 0.6 is 0 Å². The fraction of sp³-hybridized carbons (Fsp3) is 0.300. The first-order valence-corrected chi connectivity index (χ1v) is 7.80. The average Bonchev–Trinajstić information content (AvgIpc) is 2.47. The monoisotopic (exact) mass is 294 g/mol. The van der Waals surface area contributed by atoms with E-state index in [2.05, 4.69) is 81.0 Å². The molecule has 22 heavy (non-hydrogen) atoms. The fourth-order valence-electron chi connectivity index (χ4n) is 2.64. The number of hydrogen-bond acceptors (Lipinski definition) is 2. The van der Waals surface area contributed by atoms with Crippen molar-refractivity contribution in [3.8, 4) is 0 Å². The van der Waals surface area contributed by atoms with E-state index in [1.807, 2.05) is 7.05 Å². The molecule has 1 aliphatic heterocycles. The highest BCUT2D eigenvalue weighted by molar-refractivity contribution is 5.79. The average molecular weight is 294 g/mol. The van der Waals surface area contributed by atoms with Gasteiger partial charge in [-0.05, 0) is 50.0 Å². The Bertz CT molecular complexity index is 675. The van der Waals surface area contributed by atoms with Crippen molar-refractivity contribution in [3.05, 3.63) is 76.9 Å². The highest BCUT2D eigenvalue weighted by Gasteiger charge is 2.16. The van der Waals surface area contributed by atoms with E-state index in [0.29, 0.717) is 0 Å². The molecule has 1 aromatic rings. The standard InChI is InChI=1S/C20H26N2/c1-7-9-15(3)21-20-12-18(13-22(6)17(20)5)19-11-8-10-14(2)16(19)4/h8-13,21H,5,7H2,1-4,6H3/b15-9+. The third kappa shape index (κ3) is 3.33. The first-order valence-electron chi connectivity index (χ1n) is 7.80. The van der Waals surface area contributed by atoms with Gasteiger partial charge in [0.05, 0.1) is 11.4 Å². The van der Waals surface area contributed by atoms with Crippen molar-refractivity contribution < 1.29 is 0 Å². The topological polar surface area (TPSA) is 15.3 Å². The van der Waals surface area contributed by atoms with Gasteiger partial charge >= 0.3 is 0 Å². The van der Waals surface area contributed by atoms with Gasteiger partial charge in [0.1, 0.15) is 0 Å². The maximum absolute atomic E-state index is 4.18. The van der Waals surface area contributed by atoms with E-state index < -0.39 is 0 Å². The second-order valence-electron chi connectivity index (χ2n) is 5.87. The van der Waals surface area contributed by atoms with Gasteiger partial charge in [-0.15, -0.1) is 0 Å². The molecule has 0 atom stereocenters. The van der Waals surface area contributed by atoms with E-state index in [4.69, 9.17) is 0 Å². The largest absolute Gasteiger partial charge is 0.358 e. The molecule has 0 bridgehead atoms. The first kappa shape index (κ1) is 16.2. The Kier molecular flexibility index (Phi) is 4.92. The van der Waals surface area contributed by atoms with Crippen molar-refractivity contribution in [2.75, 3.05) is 7.05 Å². The third-order valence-corrected chi connectivity index (χ3v) is 4.13. The molecule has 1 aromatic carbocycles. The van der Waals surface area contributed by atoms with E-state index in [0.717, 1.165) is 23.5 Å². The summed E-state index contributed by atoms with van der Waals surface area (Å²) < 4.78 is 0. The lowest BCUT2D eigenvalue weighted by Gasteiger charge is -2.27. The van der Waals surface area contributed by atoms with Crippen molar-refractivity contribution in [2.45, 2.75) is 34.1 Å². The summed E-state index contributed by atoms with van der Waals surface area (Å²) in [6, 6.07) is 6.45. The second kappa shape index (κ2) is 6.69. The zero-order valence-corrected chi connectivity index (χ0v) is 14.3. The first-order chi connectivity index (χ1) is 10.4. The molecule has 2 nitrogen and oxygen atoms in total. The van der Waals surface area contributed by atoms with E-state index >= 15 is 0 Å². The summed E-state index contributed by atoms with van der Waals surface area (Å²) in [5.41, 5.74) is 8.33. The molecule has 0 spiro atoms. The van der Waals surface area contributed by atoms with Crippen LogP contribution in [-0.2, 0) is 0 Å². The minimum absolute atomic E-state index is 0.984. The SMILES string of the molecule is C=C1C(N/C(C)=C/CC)=CC(c2cccc(C)c2C)=CN1C. The van der Waals surface area contributed by atoms with Crippen LogP contribution in [0, 0.1) is 13.8 Å². The predicted octanol–water partition coefficient (Wildman–Crippen LogP) is 4.89. The Morgan fingerprint density at radius 3 is 2.73 bits per heavy atom. The van der Waals surface area contributed by atoms with Crippen LogP contribution in [0.2, 0.25) is 0 Å². The van der Waals surface area contributed by atoms with Gasteiger partial charge in [0.2, 0.25) is 0 Å². The summed E-state index contributed by atoms with van der Waals surface area (Å²) in [5, 5.41) is 3.47. The van der Waals surface area contributed by atoms with E-state index in [-0.39, 0.29) is 0 Å². The number of benzene rings is 1. The van der Waals surface area contributed by atoms with E-state index in [9.17, 15) is 0 Å². The summed E-state index contributed by atoms with van der Waals surface area (Å²) in [6.45, 7) is 12.7. The smallest absolute Gasteiger partial charge is 0.0623 e. The summed E-state index contributed by atoms with van der Waals surface area (Å²) in [5.74, 6) is 0. The van der Waals surface area contributed by atoms with Crippen molar-refractivity contribution in [3.63, 3.8) is 0 Å². The number of nitrogens with zero attached hydrogens (tertiary/aromatic N) is 1. The Labute approximate surface area is 134 Å². The van der Waals surface area contributed by atoms with Crippen molar-refractivity contribution >= 4 is 5.57 Å². The van der Waals surface area contributed by atoms with Crippen LogP contribution in [0.1, 0.15) is 37.0 Å². The number of allylic oxidation sites excluding steroid dienone is 4. The van der Waals surface area contributed by atoms with Crippen LogP contribution in [0.15, 0.2) is 60.2 Å². The van der Waals surface area contributed by atoms with Crippen LogP contribution in [0.5, 0.6) is 0 Å². The molecule has 2 rings (SSSR count). The molecule has 116 valence electrons. The number of rotatable bonds is 4. The Morgan fingerprint density at radius 1 is 1.32 bits per heavy atom. The molecule has 0 aliphatic carbocycles. The number of hydrogen-bond donors (Lipinski definition) is 1. The van der Waals surface area contributed by atoms with Crippen molar-refractivity contribution in [1.82, 2.24) is 10.2 Å². The van der Waals surface area contributed by atoms with Gasteiger partial charge in [0, 0.05) is 24.5 Å². The molecule has 0 saturated carbocycles. The molecular formula is C20H26N2. The summed E-state index contributed by atoms with van der Waals surface area (Å²) >= 11 is 0. The van der Waals surface area contributed by atoms with Crippen LogP contribution in [0.3, 0.4) is 0 Å². The number of nitrogens with one attached hydrogen (secondary N) is 1. The van der Waals surface area contributed by atoms with Crippen LogP contribution in [0.25, 0.3) is 5.57 Å². The molecular weight excluding hydrogens is 268 g/mol. The number of aryl methyl sites for hydroxylation is 1. The van der Waals surface area contributed by atoms with Crippen LogP contribution < -0.4 is 5.32 Å². The van der Waals surface area contributed by atoms with E-state index in [1.165, 1.54) is 22.3 Å². The highest BCUT2D eigenvalue weighted by atomic mass is 15.1. The van der Waals surface area contributed by atoms with Gasteiger partial charge in [0.15, 0.2) is 0 Å². The molecule has 0 fully saturated rings. The minimum atomic E-state index is 0.984. The normalized spacial score (nSPS) is 15.6. The summed E-state index contributed by atoms with van der Waals surface area (Å²) in [7, 11) is 2.04. The summed E-state index contributed by atoms with van der Waals surface area (Å²) in [6.07, 6.45) is 7.55. The fourth-order valence-corrected chi connectivity index (χ4v) is 2.64. The van der Waals surface area contributed by atoms with Gasteiger partial charge in [-0.1, -0.05) is 37.8 Å². The van der Waals surface area contributed by atoms with Gasteiger partial charge in [-0.25, -0.2) is 0 Å². The predicted molar refractivity (Wildman–Crippen MR) is 96.1 cm³/mol. The Morgan fingerprint density at radius 2 is 2.05 bits per heavy atom. The molecule has 1 heterocycles. The van der Waals surface area contributed by atoms with E-state index in [1.54, 1.807) is 0 Å². The summed E-state index contributed by atoms with van der Waals surface area (Å²) in [4.78, 5) is 2.08. The van der Waals surface area contributed by atoms with Gasteiger partial charge in [-0.3, -0.25) is 0 Å². The molecule has 0 radical (unpaired) electrons. The molecule has 2 heteroatoms. The quantitative estimate of drug-likeness (QED) is 0.850. The zero-order valence-electron chi connectivity index (χ0n) is 14.3.